The van der Waals surface area contributed by atoms with Gasteiger partial charge in [-0.05, 0) is 25.0 Å². The summed E-state index contributed by atoms with van der Waals surface area (Å²) in [6.45, 7) is 0. The first kappa shape index (κ1) is 17.4. The number of carbonyl (C=O) groups is 1. The predicted octanol–water partition coefficient (Wildman–Crippen LogP) is 2.09. The number of hydrogen-bond acceptors (Lipinski definition) is 5. The van der Waals surface area contributed by atoms with Gasteiger partial charge in [-0.25, -0.2) is 0 Å². The molecule has 2 atom stereocenters. The largest absolute Gasteiger partial charge is 0.493 e. The van der Waals surface area contributed by atoms with E-state index in [0.29, 0.717) is 22.8 Å². The lowest BCUT2D eigenvalue weighted by atomic mass is 9.91. The third kappa shape index (κ3) is 3.52. The van der Waals surface area contributed by atoms with Gasteiger partial charge in [0.2, 0.25) is 5.75 Å². The Morgan fingerprint density at radius 2 is 1.65 bits per heavy atom. The molecule has 1 fully saturated rings. The number of benzene rings is 1. The zero-order chi connectivity index (χ0) is 17.0. The van der Waals surface area contributed by atoms with E-state index >= 15 is 0 Å². The molecule has 1 aromatic carbocycles. The number of aliphatic hydroxyl groups is 1. The summed E-state index contributed by atoms with van der Waals surface area (Å²) >= 11 is 0. The molecule has 1 aliphatic carbocycles. The van der Waals surface area contributed by atoms with Gasteiger partial charge in [0, 0.05) is 12.6 Å². The Morgan fingerprint density at radius 3 is 2.13 bits per heavy atom. The molecule has 1 aromatic rings. The smallest absolute Gasteiger partial charge is 0.254 e. The predicted molar refractivity (Wildman–Crippen MR) is 86.5 cm³/mol. The highest BCUT2D eigenvalue weighted by Crippen LogP contribution is 2.38. The molecule has 0 aromatic heterocycles. The Morgan fingerprint density at radius 1 is 1.09 bits per heavy atom. The Balaban J connectivity index is 2.31. The monoisotopic (exact) mass is 323 g/mol. The fraction of sp³-hybridized carbons (Fsp3) is 0.588. The average molecular weight is 323 g/mol. The highest BCUT2D eigenvalue weighted by atomic mass is 16.5. The molecule has 1 aliphatic rings. The van der Waals surface area contributed by atoms with Gasteiger partial charge in [-0.1, -0.05) is 12.8 Å². The van der Waals surface area contributed by atoms with Crippen molar-refractivity contribution in [1.82, 2.24) is 4.90 Å². The molecule has 0 aliphatic heterocycles. The van der Waals surface area contributed by atoms with E-state index in [1.165, 1.54) is 21.3 Å². The van der Waals surface area contributed by atoms with Gasteiger partial charge < -0.3 is 24.2 Å². The number of carbonyl (C=O) groups excluding carboxylic acids is 1. The minimum absolute atomic E-state index is 0.157. The molecule has 2 rings (SSSR count). The van der Waals surface area contributed by atoms with Crippen molar-refractivity contribution in [2.75, 3.05) is 28.4 Å². The summed E-state index contributed by atoms with van der Waals surface area (Å²) in [5.74, 6) is 1.16. The van der Waals surface area contributed by atoms with Crippen LogP contribution in [0.4, 0.5) is 0 Å². The Kier molecular flexibility index (Phi) is 5.71. The fourth-order valence-electron chi connectivity index (χ4n) is 3.10. The van der Waals surface area contributed by atoms with Crippen LogP contribution in [0.2, 0.25) is 0 Å². The van der Waals surface area contributed by atoms with E-state index in [0.717, 1.165) is 25.7 Å². The van der Waals surface area contributed by atoms with Crippen LogP contribution in [-0.2, 0) is 0 Å². The molecular weight excluding hydrogens is 298 g/mol. The molecule has 0 spiro atoms. The minimum Gasteiger partial charge on any atom is -0.493 e. The van der Waals surface area contributed by atoms with Crippen LogP contribution in [-0.4, -0.2) is 56.4 Å². The summed E-state index contributed by atoms with van der Waals surface area (Å²) in [5, 5.41) is 10.2. The maximum absolute atomic E-state index is 12.8. The van der Waals surface area contributed by atoms with E-state index in [2.05, 4.69) is 0 Å². The molecule has 6 heteroatoms. The SMILES string of the molecule is COc1cc(C(=O)N(C)[C@H]2CCCC[C@H]2O)cc(OC)c1OC. The van der Waals surface area contributed by atoms with E-state index in [1.54, 1.807) is 24.1 Å². The standard InChI is InChI=1S/C17H25NO5/c1-18(12-7-5-6-8-13(12)19)17(20)11-9-14(21-2)16(23-4)15(10-11)22-3/h9-10,12-13,19H,5-8H2,1-4H3/t12-,13+/m0/s1. The molecule has 1 saturated carbocycles. The zero-order valence-electron chi connectivity index (χ0n) is 14.2. The van der Waals surface area contributed by atoms with Crippen LogP contribution in [0.1, 0.15) is 36.0 Å². The van der Waals surface area contributed by atoms with Gasteiger partial charge >= 0.3 is 0 Å². The number of methoxy groups -OCH3 is 3. The second-order valence-electron chi connectivity index (χ2n) is 5.75. The van der Waals surface area contributed by atoms with Gasteiger partial charge in [-0.3, -0.25) is 4.79 Å². The average Bonchev–Trinajstić information content (AvgIpc) is 2.59. The summed E-state index contributed by atoms with van der Waals surface area (Å²) in [7, 11) is 6.28. The van der Waals surface area contributed by atoms with E-state index in [1.807, 2.05) is 0 Å². The van der Waals surface area contributed by atoms with Crippen LogP contribution in [0.25, 0.3) is 0 Å². The highest BCUT2D eigenvalue weighted by molar-refractivity contribution is 5.95. The number of aliphatic hydroxyl groups excluding tert-OH is 1. The zero-order valence-corrected chi connectivity index (χ0v) is 14.2. The third-order valence-electron chi connectivity index (χ3n) is 4.42. The Bertz CT molecular complexity index is 535. The van der Waals surface area contributed by atoms with Crippen LogP contribution in [0, 0.1) is 0 Å². The maximum Gasteiger partial charge on any atom is 0.254 e. The molecule has 1 N–H and O–H groups in total. The number of likely N-dealkylation sites (N-methyl/N-ethyl adjacent to an activating group) is 1. The molecule has 0 heterocycles. The highest BCUT2D eigenvalue weighted by Gasteiger charge is 2.30. The summed E-state index contributed by atoms with van der Waals surface area (Å²) in [4.78, 5) is 14.4. The molecule has 0 saturated heterocycles. The first-order valence-corrected chi connectivity index (χ1v) is 7.78. The van der Waals surface area contributed by atoms with Gasteiger partial charge in [-0.15, -0.1) is 0 Å². The molecule has 1 amide bonds. The Hall–Kier alpha value is -1.95. The van der Waals surface area contributed by atoms with E-state index in [9.17, 15) is 9.90 Å². The number of nitrogens with zero attached hydrogens (tertiary/aromatic N) is 1. The lowest BCUT2D eigenvalue weighted by molar-refractivity contribution is 0.0267. The van der Waals surface area contributed by atoms with Crippen LogP contribution in [0.3, 0.4) is 0 Å². The van der Waals surface area contributed by atoms with Crippen molar-refractivity contribution < 1.29 is 24.1 Å². The number of hydrogen-bond donors (Lipinski definition) is 1. The van der Waals surface area contributed by atoms with Crippen molar-refractivity contribution in [2.24, 2.45) is 0 Å². The summed E-state index contributed by atoms with van der Waals surface area (Å²) in [5.41, 5.74) is 0.444. The molecule has 0 bridgehead atoms. The Labute approximate surface area is 136 Å². The van der Waals surface area contributed by atoms with Crippen LogP contribution in [0.15, 0.2) is 12.1 Å². The van der Waals surface area contributed by atoms with Crippen molar-refractivity contribution in [1.29, 1.82) is 0 Å². The second kappa shape index (κ2) is 7.55. The van der Waals surface area contributed by atoms with Gasteiger partial charge in [0.1, 0.15) is 0 Å². The first-order chi connectivity index (χ1) is 11.0. The molecule has 6 nitrogen and oxygen atoms in total. The quantitative estimate of drug-likeness (QED) is 0.898. The second-order valence-corrected chi connectivity index (χ2v) is 5.75. The van der Waals surface area contributed by atoms with Gasteiger partial charge in [0.25, 0.3) is 5.91 Å². The van der Waals surface area contributed by atoms with Crippen molar-refractivity contribution >= 4 is 5.91 Å². The van der Waals surface area contributed by atoms with E-state index in [-0.39, 0.29) is 11.9 Å². The van der Waals surface area contributed by atoms with Gasteiger partial charge in [0.05, 0.1) is 33.5 Å². The normalized spacial score (nSPS) is 20.7. The van der Waals surface area contributed by atoms with Gasteiger partial charge in [0.15, 0.2) is 11.5 Å². The molecule has 128 valence electrons. The van der Waals surface area contributed by atoms with E-state index in [4.69, 9.17) is 14.2 Å². The van der Waals surface area contributed by atoms with Crippen LogP contribution in [0.5, 0.6) is 17.2 Å². The van der Waals surface area contributed by atoms with Gasteiger partial charge in [-0.2, -0.15) is 0 Å². The number of rotatable bonds is 5. The minimum atomic E-state index is -0.472. The molecule has 0 radical (unpaired) electrons. The number of amides is 1. The molecule has 0 unspecified atom stereocenters. The maximum atomic E-state index is 12.8. The lowest BCUT2D eigenvalue weighted by Gasteiger charge is -2.35. The third-order valence-corrected chi connectivity index (χ3v) is 4.42. The lowest BCUT2D eigenvalue weighted by Crippen LogP contribution is -2.46. The van der Waals surface area contributed by atoms with Crippen LogP contribution >= 0.6 is 0 Å². The molecule has 23 heavy (non-hydrogen) atoms. The summed E-state index contributed by atoms with van der Waals surface area (Å²) in [6, 6.07) is 3.11. The van der Waals surface area contributed by atoms with Crippen molar-refractivity contribution in [2.45, 2.75) is 37.8 Å². The van der Waals surface area contributed by atoms with Crippen LogP contribution < -0.4 is 14.2 Å². The number of ether oxygens (including phenoxy) is 3. The van der Waals surface area contributed by atoms with E-state index < -0.39 is 6.10 Å². The van der Waals surface area contributed by atoms with Crippen molar-refractivity contribution in [3.8, 4) is 17.2 Å². The summed E-state index contributed by atoms with van der Waals surface area (Å²) < 4.78 is 15.9. The van der Waals surface area contributed by atoms with Crippen molar-refractivity contribution in [3.63, 3.8) is 0 Å². The topological polar surface area (TPSA) is 68.2 Å². The first-order valence-electron chi connectivity index (χ1n) is 7.78. The molecular formula is C17H25NO5. The van der Waals surface area contributed by atoms with Crippen molar-refractivity contribution in [3.05, 3.63) is 17.7 Å². The summed E-state index contributed by atoms with van der Waals surface area (Å²) in [6.07, 6.45) is 3.10. The fourth-order valence-corrected chi connectivity index (χ4v) is 3.10.